The van der Waals surface area contributed by atoms with Crippen LogP contribution in [0.3, 0.4) is 0 Å². The Labute approximate surface area is 150 Å². The van der Waals surface area contributed by atoms with Crippen molar-refractivity contribution in [3.8, 4) is 11.1 Å². The maximum Gasteiger partial charge on any atom is 0.110 e. The fourth-order valence-electron chi connectivity index (χ4n) is 4.18. The van der Waals surface area contributed by atoms with Crippen LogP contribution < -0.4 is 0 Å². The van der Waals surface area contributed by atoms with Crippen LogP contribution in [-0.4, -0.2) is 26.5 Å². The van der Waals surface area contributed by atoms with Gasteiger partial charge in [0.05, 0.1) is 0 Å². The van der Waals surface area contributed by atoms with E-state index in [-0.39, 0.29) is 0 Å². The van der Waals surface area contributed by atoms with Gasteiger partial charge in [-0.3, -0.25) is 0 Å². The second kappa shape index (κ2) is 5.50. The molecule has 130 valence electrons. The highest BCUT2D eigenvalue weighted by Crippen LogP contribution is 2.46. The van der Waals surface area contributed by atoms with Gasteiger partial charge in [-0.05, 0) is 56.3 Å². The van der Waals surface area contributed by atoms with E-state index in [1.807, 2.05) is 48.5 Å². The molecule has 0 saturated carbocycles. The maximum atomic E-state index is 10.7. The molecule has 3 aromatic carbocycles. The minimum atomic E-state index is -1.01. The van der Waals surface area contributed by atoms with Crippen molar-refractivity contribution in [2.24, 2.45) is 0 Å². The second-order valence-electron chi connectivity index (χ2n) is 7.00. The molecule has 4 heteroatoms. The lowest BCUT2D eigenvalue weighted by molar-refractivity contribution is 0.0159. The first-order valence-electron chi connectivity index (χ1n) is 8.66. The normalized spacial score (nSPS) is 26.3. The van der Waals surface area contributed by atoms with E-state index >= 15 is 0 Å². The van der Waals surface area contributed by atoms with Crippen LogP contribution in [0.25, 0.3) is 28.0 Å². The summed E-state index contributed by atoms with van der Waals surface area (Å²) in [5.41, 5.74) is 4.73. The number of hydrogen-bond donors (Lipinski definition) is 4. The molecular formula is C22H18O4. The molecule has 0 heterocycles. The highest BCUT2D eigenvalue weighted by Gasteiger charge is 2.32. The van der Waals surface area contributed by atoms with Gasteiger partial charge in [0.2, 0.25) is 0 Å². The zero-order chi connectivity index (χ0) is 18.0. The molecule has 0 spiro atoms. The minimum absolute atomic E-state index is 0.665. The van der Waals surface area contributed by atoms with E-state index in [1.165, 1.54) is 0 Å². The zero-order valence-corrected chi connectivity index (χ0v) is 13.9. The Kier molecular flexibility index (Phi) is 3.33. The van der Waals surface area contributed by atoms with Crippen molar-refractivity contribution in [3.63, 3.8) is 0 Å². The minimum Gasteiger partial charge on any atom is -0.386 e. The second-order valence-corrected chi connectivity index (χ2v) is 7.00. The summed E-state index contributed by atoms with van der Waals surface area (Å²) in [5, 5.41) is 43.2. The molecule has 4 unspecified atom stereocenters. The van der Waals surface area contributed by atoms with Gasteiger partial charge in [0.15, 0.2) is 0 Å². The average Bonchev–Trinajstić information content (AvgIpc) is 2.67. The van der Waals surface area contributed by atoms with Crippen LogP contribution in [0.1, 0.15) is 40.6 Å². The maximum absolute atomic E-state index is 10.7. The summed E-state index contributed by atoms with van der Waals surface area (Å²) in [4.78, 5) is 0. The third-order valence-electron chi connectivity index (χ3n) is 5.55. The highest BCUT2D eigenvalue weighted by atomic mass is 16.3. The first-order valence-corrected chi connectivity index (χ1v) is 8.66. The predicted molar refractivity (Wildman–Crippen MR) is 99.3 cm³/mol. The first kappa shape index (κ1) is 15.7. The topological polar surface area (TPSA) is 80.9 Å². The Morgan fingerprint density at radius 2 is 1.42 bits per heavy atom. The summed E-state index contributed by atoms with van der Waals surface area (Å²) in [6.07, 6.45) is -0.488. The molecular weight excluding hydrogens is 328 g/mol. The molecule has 2 aliphatic carbocycles. The third-order valence-corrected chi connectivity index (χ3v) is 5.55. The molecule has 0 fully saturated rings. The molecule has 4 nitrogen and oxygen atoms in total. The lowest BCUT2D eigenvalue weighted by Gasteiger charge is -2.30. The molecule has 3 aromatic rings. The Morgan fingerprint density at radius 3 is 2.27 bits per heavy atom. The number of aliphatic hydroxyl groups is 4. The summed E-state index contributed by atoms with van der Waals surface area (Å²) in [6.45, 7) is 0. The van der Waals surface area contributed by atoms with E-state index < -0.39 is 24.4 Å². The summed E-state index contributed by atoms with van der Waals surface area (Å²) in [5.74, 6) is 0. The Bertz CT molecular complexity index is 1070. The lowest BCUT2D eigenvalue weighted by Crippen LogP contribution is -2.20. The van der Waals surface area contributed by atoms with E-state index in [2.05, 4.69) is 0 Å². The number of rotatable bonds is 0. The molecule has 4 N–H and O–H groups in total. The van der Waals surface area contributed by atoms with Crippen LogP contribution in [0.15, 0.2) is 54.6 Å². The van der Waals surface area contributed by atoms with Crippen molar-refractivity contribution in [1.82, 2.24) is 0 Å². The summed E-state index contributed by atoms with van der Waals surface area (Å²) in [6, 6.07) is 15.2. The molecule has 0 radical (unpaired) electrons. The Morgan fingerprint density at radius 1 is 0.654 bits per heavy atom. The Hall–Kier alpha value is -2.50. The van der Waals surface area contributed by atoms with Crippen LogP contribution in [0.2, 0.25) is 0 Å². The number of benzene rings is 3. The number of aliphatic hydroxyl groups excluding tert-OH is 4. The highest BCUT2D eigenvalue weighted by molar-refractivity contribution is 5.97. The smallest absolute Gasteiger partial charge is 0.110 e. The van der Waals surface area contributed by atoms with Crippen LogP contribution in [0.5, 0.6) is 0 Å². The summed E-state index contributed by atoms with van der Waals surface area (Å²) >= 11 is 0. The molecule has 0 aromatic heterocycles. The van der Waals surface area contributed by atoms with Gasteiger partial charge in [0.1, 0.15) is 24.4 Å². The quantitative estimate of drug-likeness (QED) is 0.504. The molecule has 0 saturated heterocycles. The van der Waals surface area contributed by atoms with Crippen LogP contribution >= 0.6 is 0 Å². The monoisotopic (exact) mass is 346 g/mol. The zero-order valence-electron chi connectivity index (χ0n) is 13.9. The predicted octanol–water partition coefficient (Wildman–Crippen LogP) is 3.01. The first-order chi connectivity index (χ1) is 12.6. The van der Waals surface area contributed by atoms with Gasteiger partial charge >= 0.3 is 0 Å². The molecule has 0 bridgehead atoms. The molecule has 5 rings (SSSR count). The Balaban J connectivity index is 1.82. The van der Waals surface area contributed by atoms with Crippen molar-refractivity contribution in [1.29, 1.82) is 0 Å². The van der Waals surface area contributed by atoms with Crippen LogP contribution in [-0.2, 0) is 0 Å². The van der Waals surface area contributed by atoms with Gasteiger partial charge in [-0.15, -0.1) is 0 Å². The van der Waals surface area contributed by atoms with E-state index in [9.17, 15) is 20.4 Å². The standard InChI is InChI=1S/C22H18O4/c23-19-8-7-13-15(20(19)24)6-5-11-9-17-12-3-1-2-4-14(12)21(25)22(26)18(17)10-16(11)13/h1-10,19-26H. The van der Waals surface area contributed by atoms with E-state index in [0.717, 1.165) is 33.0 Å². The SMILES string of the molecule is OC1C=Cc2c(ccc3cc4c(cc23)C(O)C(O)c2ccccc2-4)C1O. The van der Waals surface area contributed by atoms with E-state index in [0.29, 0.717) is 11.1 Å². The van der Waals surface area contributed by atoms with Crippen LogP contribution in [0.4, 0.5) is 0 Å². The van der Waals surface area contributed by atoms with Gasteiger partial charge in [0.25, 0.3) is 0 Å². The molecule has 0 aliphatic heterocycles. The lowest BCUT2D eigenvalue weighted by atomic mass is 9.79. The average molecular weight is 346 g/mol. The van der Waals surface area contributed by atoms with Gasteiger partial charge in [0, 0.05) is 0 Å². The van der Waals surface area contributed by atoms with Crippen molar-refractivity contribution in [3.05, 3.63) is 76.9 Å². The van der Waals surface area contributed by atoms with E-state index in [1.54, 1.807) is 12.2 Å². The van der Waals surface area contributed by atoms with Crippen LogP contribution in [0, 0.1) is 0 Å². The molecule has 0 amide bonds. The number of hydrogen-bond acceptors (Lipinski definition) is 4. The fraction of sp³-hybridized carbons (Fsp3) is 0.182. The van der Waals surface area contributed by atoms with Crippen molar-refractivity contribution >= 4 is 16.8 Å². The third kappa shape index (κ3) is 2.04. The van der Waals surface area contributed by atoms with Crippen molar-refractivity contribution < 1.29 is 20.4 Å². The van der Waals surface area contributed by atoms with Gasteiger partial charge in [-0.2, -0.15) is 0 Å². The van der Waals surface area contributed by atoms with Crippen molar-refractivity contribution in [2.45, 2.75) is 24.4 Å². The van der Waals surface area contributed by atoms with Crippen molar-refractivity contribution in [2.75, 3.05) is 0 Å². The van der Waals surface area contributed by atoms with Gasteiger partial charge in [-0.1, -0.05) is 48.6 Å². The molecule has 2 aliphatic rings. The van der Waals surface area contributed by atoms with E-state index in [4.69, 9.17) is 0 Å². The molecule has 26 heavy (non-hydrogen) atoms. The fourth-order valence-corrected chi connectivity index (χ4v) is 4.18. The number of fused-ring (bicyclic) bond motifs is 6. The largest absolute Gasteiger partial charge is 0.386 e. The summed E-state index contributed by atoms with van der Waals surface area (Å²) < 4.78 is 0. The van der Waals surface area contributed by atoms with Gasteiger partial charge < -0.3 is 20.4 Å². The van der Waals surface area contributed by atoms with Gasteiger partial charge in [-0.25, -0.2) is 0 Å². The summed E-state index contributed by atoms with van der Waals surface area (Å²) in [7, 11) is 0. The molecule has 4 atom stereocenters.